The topological polar surface area (TPSA) is 75.4 Å². The molecule has 7 heteroatoms. The minimum absolute atomic E-state index is 0.0579. The second-order valence-corrected chi connectivity index (χ2v) is 7.35. The number of amides is 2. The van der Waals surface area contributed by atoms with Gasteiger partial charge in [0.05, 0.1) is 5.02 Å². The molecule has 0 unspecified atom stereocenters. The molecule has 6 nitrogen and oxygen atoms in total. The van der Waals surface area contributed by atoms with Crippen LogP contribution < -0.4 is 5.32 Å². The highest BCUT2D eigenvalue weighted by molar-refractivity contribution is 6.35. The summed E-state index contributed by atoms with van der Waals surface area (Å²) in [5.41, 5.74) is 1.33. The number of para-hydroxylation sites is 1. The molecule has 3 heterocycles. The van der Waals surface area contributed by atoms with Crippen molar-refractivity contribution in [3.05, 3.63) is 58.9 Å². The first kappa shape index (κ1) is 18.5. The van der Waals surface area contributed by atoms with Crippen LogP contribution in [0.25, 0.3) is 11.0 Å². The first-order valence-electron chi connectivity index (χ1n) is 9.23. The second-order valence-electron chi connectivity index (χ2n) is 6.94. The standard InChI is InChI=1S/C21H20ClN3O3/c1-13-15-5-4-6-16(22)19(15)28-18(13)21(27)25-11-8-14(9-12-25)20(26)24-17-7-2-3-10-23-17/h2-7,10,14H,8-9,11-12H2,1H3,(H,23,24,26). The molecule has 0 aliphatic carbocycles. The molecule has 1 aliphatic heterocycles. The molecule has 0 atom stereocenters. The molecule has 0 saturated carbocycles. The molecule has 4 rings (SSSR count). The number of rotatable bonds is 3. The van der Waals surface area contributed by atoms with Gasteiger partial charge in [-0.2, -0.15) is 0 Å². The lowest BCUT2D eigenvalue weighted by Gasteiger charge is -2.30. The van der Waals surface area contributed by atoms with Crippen molar-refractivity contribution >= 4 is 40.2 Å². The van der Waals surface area contributed by atoms with Gasteiger partial charge in [-0.05, 0) is 38.0 Å². The van der Waals surface area contributed by atoms with E-state index in [9.17, 15) is 9.59 Å². The van der Waals surface area contributed by atoms with Crippen LogP contribution in [-0.4, -0.2) is 34.8 Å². The smallest absolute Gasteiger partial charge is 0.289 e. The number of nitrogens with one attached hydrogen (secondary N) is 1. The SMILES string of the molecule is Cc1c(C(=O)N2CCC(C(=O)Nc3ccccn3)CC2)oc2c(Cl)cccc12. The van der Waals surface area contributed by atoms with Gasteiger partial charge in [0.25, 0.3) is 5.91 Å². The van der Waals surface area contributed by atoms with Gasteiger partial charge in [-0.3, -0.25) is 9.59 Å². The van der Waals surface area contributed by atoms with Crippen molar-refractivity contribution in [3.63, 3.8) is 0 Å². The van der Waals surface area contributed by atoms with Crippen LogP contribution in [0.1, 0.15) is 29.0 Å². The third-order valence-corrected chi connectivity index (χ3v) is 5.48. The average molecular weight is 398 g/mol. The van der Waals surface area contributed by atoms with Crippen LogP contribution >= 0.6 is 11.6 Å². The van der Waals surface area contributed by atoms with Crippen molar-refractivity contribution in [1.82, 2.24) is 9.88 Å². The van der Waals surface area contributed by atoms with Crippen LogP contribution in [0.15, 0.2) is 47.0 Å². The van der Waals surface area contributed by atoms with Gasteiger partial charge >= 0.3 is 0 Å². The number of carbonyl (C=O) groups is 2. The number of fused-ring (bicyclic) bond motifs is 1. The lowest BCUT2D eigenvalue weighted by Crippen LogP contribution is -2.41. The van der Waals surface area contributed by atoms with Crippen molar-refractivity contribution in [1.29, 1.82) is 0 Å². The van der Waals surface area contributed by atoms with Crippen LogP contribution in [0.3, 0.4) is 0 Å². The van der Waals surface area contributed by atoms with Gasteiger partial charge in [0.15, 0.2) is 11.3 Å². The second kappa shape index (κ2) is 7.64. The number of likely N-dealkylation sites (tertiary alicyclic amines) is 1. The lowest BCUT2D eigenvalue weighted by atomic mass is 9.95. The Kier molecular flexibility index (Phi) is 5.05. The molecule has 0 spiro atoms. The van der Waals surface area contributed by atoms with Gasteiger partial charge in [0.2, 0.25) is 5.91 Å². The van der Waals surface area contributed by atoms with E-state index in [-0.39, 0.29) is 17.7 Å². The Balaban J connectivity index is 1.42. The van der Waals surface area contributed by atoms with Gasteiger partial charge < -0.3 is 14.6 Å². The predicted molar refractivity (Wildman–Crippen MR) is 107 cm³/mol. The summed E-state index contributed by atoms with van der Waals surface area (Å²) < 4.78 is 5.79. The number of aryl methyl sites for hydroxylation is 1. The number of hydrogen-bond acceptors (Lipinski definition) is 4. The molecule has 1 N–H and O–H groups in total. The van der Waals surface area contributed by atoms with Crippen LogP contribution in [0, 0.1) is 12.8 Å². The minimum Gasteiger partial charge on any atom is -0.449 e. The summed E-state index contributed by atoms with van der Waals surface area (Å²) in [5.74, 6) is 0.503. The van der Waals surface area contributed by atoms with E-state index >= 15 is 0 Å². The third-order valence-electron chi connectivity index (χ3n) is 5.18. The highest BCUT2D eigenvalue weighted by atomic mass is 35.5. The Bertz CT molecular complexity index is 1020. The maximum Gasteiger partial charge on any atom is 0.289 e. The summed E-state index contributed by atoms with van der Waals surface area (Å²) in [5, 5.41) is 4.17. The maximum atomic E-state index is 12.9. The fraction of sp³-hybridized carbons (Fsp3) is 0.286. The molecule has 28 heavy (non-hydrogen) atoms. The number of hydrogen-bond donors (Lipinski definition) is 1. The molecule has 1 fully saturated rings. The summed E-state index contributed by atoms with van der Waals surface area (Å²) in [6.07, 6.45) is 2.84. The van der Waals surface area contributed by atoms with Crippen LogP contribution in [-0.2, 0) is 4.79 Å². The minimum atomic E-state index is -0.159. The Hall–Kier alpha value is -2.86. The number of furan rings is 1. The Morgan fingerprint density at radius 3 is 2.64 bits per heavy atom. The molecule has 0 bridgehead atoms. The summed E-state index contributed by atoms with van der Waals surface area (Å²) in [4.78, 5) is 31.2. The molecule has 1 saturated heterocycles. The first-order chi connectivity index (χ1) is 13.5. The number of pyridine rings is 1. The van der Waals surface area contributed by atoms with E-state index in [1.165, 1.54) is 0 Å². The van der Waals surface area contributed by atoms with E-state index in [2.05, 4.69) is 10.3 Å². The molecular formula is C21H20ClN3O3. The van der Waals surface area contributed by atoms with E-state index in [1.807, 2.05) is 25.1 Å². The van der Waals surface area contributed by atoms with Crippen molar-refractivity contribution in [2.75, 3.05) is 18.4 Å². The normalized spacial score (nSPS) is 15.0. The monoisotopic (exact) mass is 397 g/mol. The number of aromatic nitrogens is 1. The quantitative estimate of drug-likeness (QED) is 0.715. The summed E-state index contributed by atoms with van der Waals surface area (Å²) in [6, 6.07) is 10.9. The van der Waals surface area contributed by atoms with Crippen LogP contribution in [0.5, 0.6) is 0 Å². The maximum absolute atomic E-state index is 12.9. The number of benzene rings is 1. The summed E-state index contributed by atoms with van der Waals surface area (Å²) in [6.45, 7) is 2.87. The number of anilines is 1. The van der Waals surface area contributed by atoms with Gasteiger partial charge in [-0.1, -0.05) is 29.8 Å². The molecule has 2 amide bonds. The average Bonchev–Trinajstić information content (AvgIpc) is 3.06. The Labute approximate surface area is 167 Å². The van der Waals surface area contributed by atoms with E-state index in [4.69, 9.17) is 16.0 Å². The van der Waals surface area contributed by atoms with E-state index in [1.54, 1.807) is 29.3 Å². The molecule has 144 valence electrons. The number of nitrogens with zero attached hydrogens (tertiary/aromatic N) is 2. The van der Waals surface area contributed by atoms with Crippen molar-refractivity contribution in [2.45, 2.75) is 19.8 Å². The molecule has 3 aromatic rings. The lowest BCUT2D eigenvalue weighted by molar-refractivity contribution is -0.121. The molecular weight excluding hydrogens is 378 g/mol. The number of piperidine rings is 1. The van der Waals surface area contributed by atoms with Gasteiger partial charge in [0, 0.05) is 36.2 Å². The summed E-state index contributed by atoms with van der Waals surface area (Å²) in [7, 11) is 0. The molecule has 2 aromatic heterocycles. The van der Waals surface area contributed by atoms with Crippen LogP contribution in [0.2, 0.25) is 5.02 Å². The number of halogens is 1. The first-order valence-corrected chi connectivity index (χ1v) is 9.61. The largest absolute Gasteiger partial charge is 0.449 e. The highest BCUT2D eigenvalue weighted by Crippen LogP contribution is 2.32. The van der Waals surface area contributed by atoms with Crippen LogP contribution in [0.4, 0.5) is 5.82 Å². The fourth-order valence-electron chi connectivity index (χ4n) is 3.57. The van der Waals surface area contributed by atoms with Crippen molar-refractivity contribution < 1.29 is 14.0 Å². The Morgan fingerprint density at radius 2 is 1.96 bits per heavy atom. The van der Waals surface area contributed by atoms with Gasteiger partial charge in [0.1, 0.15) is 5.82 Å². The highest BCUT2D eigenvalue weighted by Gasteiger charge is 2.30. The van der Waals surface area contributed by atoms with Gasteiger partial charge in [-0.15, -0.1) is 0 Å². The molecule has 0 radical (unpaired) electrons. The number of carbonyl (C=O) groups excluding carboxylic acids is 2. The summed E-state index contributed by atoms with van der Waals surface area (Å²) >= 11 is 6.19. The van der Waals surface area contributed by atoms with E-state index in [0.29, 0.717) is 48.1 Å². The zero-order chi connectivity index (χ0) is 19.7. The molecule has 1 aliphatic rings. The van der Waals surface area contributed by atoms with E-state index in [0.717, 1.165) is 10.9 Å². The fourth-order valence-corrected chi connectivity index (χ4v) is 3.78. The molecule has 1 aromatic carbocycles. The predicted octanol–water partition coefficient (Wildman–Crippen LogP) is 4.28. The zero-order valence-electron chi connectivity index (χ0n) is 15.4. The Morgan fingerprint density at radius 1 is 1.18 bits per heavy atom. The zero-order valence-corrected chi connectivity index (χ0v) is 16.2. The third kappa shape index (κ3) is 3.47. The van der Waals surface area contributed by atoms with Gasteiger partial charge in [-0.25, -0.2) is 4.98 Å². The van der Waals surface area contributed by atoms with E-state index < -0.39 is 0 Å². The van der Waals surface area contributed by atoms with Crippen molar-refractivity contribution in [3.8, 4) is 0 Å². The van der Waals surface area contributed by atoms with Crippen molar-refractivity contribution in [2.24, 2.45) is 5.92 Å².